The second kappa shape index (κ2) is 5.50. The molecule has 6 nitrogen and oxygen atoms in total. The Labute approximate surface area is 131 Å². The molecule has 1 spiro atoms. The van der Waals surface area contributed by atoms with Crippen molar-refractivity contribution in [2.45, 2.75) is 32.3 Å². The van der Waals surface area contributed by atoms with Crippen molar-refractivity contribution in [2.75, 3.05) is 38.7 Å². The first kappa shape index (κ1) is 15.2. The number of fused-ring (bicyclic) bond motifs is 2. The number of nitrogens with zero attached hydrogens (tertiary/aromatic N) is 4. The summed E-state index contributed by atoms with van der Waals surface area (Å²) in [5.41, 5.74) is 1.94. The number of aromatic nitrogens is 2. The molecule has 120 valence electrons. The summed E-state index contributed by atoms with van der Waals surface area (Å²) in [6.07, 6.45) is 2.77. The van der Waals surface area contributed by atoms with Crippen LogP contribution in [0.3, 0.4) is 0 Å². The Morgan fingerprint density at radius 2 is 2.23 bits per heavy atom. The molecule has 0 aromatic carbocycles. The van der Waals surface area contributed by atoms with Gasteiger partial charge in [-0.1, -0.05) is 13.8 Å². The molecule has 1 fully saturated rings. The van der Waals surface area contributed by atoms with E-state index in [2.05, 4.69) is 4.98 Å². The summed E-state index contributed by atoms with van der Waals surface area (Å²) in [6.45, 7) is 6.56. The molecule has 0 radical (unpaired) electrons. The van der Waals surface area contributed by atoms with E-state index in [1.165, 1.54) is 0 Å². The monoisotopic (exact) mass is 304 g/mol. The maximum Gasteiger partial charge on any atom is 0.225 e. The van der Waals surface area contributed by atoms with Crippen LogP contribution in [0.4, 0.5) is 5.95 Å². The fourth-order valence-corrected chi connectivity index (χ4v) is 3.34. The molecule has 1 aromatic heterocycles. The molecule has 0 aliphatic carbocycles. The molecule has 6 heteroatoms. The van der Waals surface area contributed by atoms with Crippen LogP contribution in [0, 0.1) is 5.92 Å². The summed E-state index contributed by atoms with van der Waals surface area (Å²) >= 11 is 0. The molecule has 0 saturated carbocycles. The Bertz CT molecular complexity index is 588. The van der Waals surface area contributed by atoms with Gasteiger partial charge in [0.15, 0.2) is 0 Å². The van der Waals surface area contributed by atoms with Gasteiger partial charge >= 0.3 is 0 Å². The zero-order chi connectivity index (χ0) is 15.9. The first-order valence-corrected chi connectivity index (χ1v) is 7.83. The number of rotatable bonds is 2. The molecule has 22 heavy (non-hydrogen) atoms. The minimum absolute atomic E-state index is 0.0295. The summed E-state index contributed by atoms with van der Waals surface area (Å²) in [5, 5.41) is 0. The van der Waals surface area contributed by atoms with E-state index in [1.807, 2.05) is 43.9 Å². The molecule has 1 saturated heterocycles. The van der Waals surface area contributed by atoms with Gasteiger partial charge in [0.25, 0.3) is 0 Å². The predicted octanol–water partition coefficient (Wildman–Crippen LogP) is 1.20. The van der Waals surface area contributed by atoms with Gasteiger partial charge in [0, 0.05) is 44.9 Å². The molecule has 3 rings (SSSR count). The Kier molecular flexibility index (Phi) is 3.80. The van der Waals surface area contributed by atoms with Crippen molar-refractivity contribution in [2.24, 2.45) is 5.92 Å². The van der Waals surface area contributed by atoms with Crippen molar-refractivity contribution in [3.05, 3.63) is 17.5 Å². The molecule has 1 aromatic rings. The predicted molar refractivity (Wildman–Crippen MR) is 83.7 cm³/mol. The van der Waals surface area contributed by atoms with E-state index in [0.29, 0.717) is 25.7 Å². The van der Waals surface area contributed by atoms with E-state index >= 15 is 0 Å². The number of likely N-dealkylation sites (tertiary alicyclic amines) is 1. The summed E-state index contributed by atoms with van der Waals surface area (Å²) in [4.78, 5) is 25.3. The zero-order valence-corrected chi connectivity index (χ0v) is 13.8. The summed E-state index contributed by atoms with van der Waals surface area (Å²) in [5.74, 6) is 0.960. The zero-order valence-electron chi connectivity index (χ0n) is 13.8. The number of anilines is 1. The van der Waals surface area contributed by atoms with Crippen molar-refractivity contribution in [3.8, 4) is 0 Å². The third-order valence-electron chi connectivity index (χ3n) is 4.55. The fourth-order valence-electron chi connectivity index (χ4n) is 3.34. The van der Waals surface area contributed by atoms with Crippen LogP contribution in [0.25, 0.3) is 0 Å². The van der Waals surface area contributed by atoms with Crippen molar-refractivity contribution in [1.29, 1.82) is 0 Å². The lowest BCUT2D eigenvalue weighted by atomic mass is 9.80. The van der Waals surface area contributed by atoms with E-state index in [1.54, 1.807) is 0 Å². The number of hydrogen-bond acceptors (Lipinski definition) is 5. The van der Waals surface area contributed by atoms with Crippen LogP contribution in [0.2, 0.25) is 0 Å². The van der Waals surface area contributed by atoms with E-state index in [0.717, 1.165) is 24.2 Å². The van der Waals surface area contributed by atoms with Gasteiger partial charge in [0.1, 0.15) is 0 Å². The summed E-state index contributed by atoms with van der Waals surface area (Å²) in [6, 6.07) is 0. The van der Waals surface area contributed by atoms with Gasteiger partial charge in [-0.2, -0.15) is 0 Å². The molecule has 1 unspecified atom stereocenters. The smallest absolute Gasteiger partial charge is 0.225 e. The standard InChI is InChI=1S/C16H24N4O2/c1-11(2)14(21)20-6-5-16(9-20)10-22-8-12-7-17-15(19(3)4)18-13(12)16/h7,11H,5-6,8-10H2,1-4H3. The summed E-state index contributed by atoms with van der Waals surface area (Å²) in [7, 11) is 3.88. The second-order valence-corrected chi connectivity index (χ2v) is 6.88. The lowest BCUT2D eigenvalue weighted by Gasteiger charge is -2.34. The first-order valence-electron chi connectivity index (χ1n) is 7.83. The highest BCUT2D eigenvalue weighted by atomic mass is 16.5. The maximum atomic E-state index is 12.3. The average Bonchev–Trinajstić information content (AvgIpc) is 2.91. The van der Waals surface area contributed by atoms with Crippen molar-refractivity contribution in [3.63, 3.8) is 0 Å². The molecule has 3 heterocycles. The van der Waals surface area contributed by atoms with Crippen LogP contribution in [-0.4, -0.2) is 54.6 Å². The van der Waals surface area contributed by atoms with E-state index in [4.69, 9.17) is 9.72 Å². The molecule has 0 bridgehead atoms. The number of carbonyl (C=O) groups is 1. The second-order valence-electron chi connectivity index (χ2n) is 6.88. The minimum atomic E-state index is -0.175. The lowest BCUT2D eigenvalue weighted by Crippen LogP contribution is -2.42. The summed E-state index contributed by atoms with van der Waals surface area (Å²) < 4.78 is 5.79. The van der Waals surface area contributed by atoms with Gasteiger partial charge in [0.2, 0.25) is 11.9 Å². The molecule has 2 aliphatic heterocycles. The molecular formula is C16H24N4O2. The third-order valence-corrected chi connectivity index (χ3v) is 4.55. The van der Waals surface area contributed by atoms with Crippen molar-refractivity contribution >= 4 is 11.9 Å². The number of ether oxygens (including phenoxy) is 1. The van der Waals surface area contributed by atoms with Crippen LogP contribution in [0.5, 0.6) is 0 Å². The Hall–Kier alpha value is -1.69. The van der Waals surface area contributed by atoms with Crippen LogP contribution < -0.4 is 4.90 Å². The van der Waals surface area contributed by atoms with Gasteiger partial charge in [-0.3, -0.25) is 4.79 Å². The number of carbonyl (C=O) groups excluding carboxylic acids is 1. The van der Waals surface area contributed by atoms with Crippen molar-refractivity contribution in [1.82, 2.24) is 14.9 Å². The first-order chi connectivity index (χ1) is 10.4. The van der Waals surface area contributed by atoms with Gasteiger partial charge < -0.3 is 14.5 Å². The van der Waals surface area contributed by atoms with Crippen LogP contribution in [0.15, 0.2) is 6.20 Å². The molecule has 2 aliphatic rings. The number of amides is 1. The third kappa shape index (κ3) is 2.45. The topological polar surface area (TPSA) is 58.6 Å². The van der Waals surface area contributed by atoms with Crippen LogP contribution in [0.1, 0.15) is 31.5 Å². The molecular weight excluding hydrogens is 280 g/mol. The van der Waals surface area contributed by atoms with E-state index in [9.17, 15) is 4.79 Å². The normalized spacial score (nSPS) is 24.0. The van der Waals surface area contributed by atoms with Crippen LogP contribution in [-0.2, 0) is 21.6 Å². The highest BCUT2D eigenvalue weighted by molar-refractivity contribution is 5.78. The van der Waals surface area contributed by atoms with Gasteiger partial charge in [-0.25, -0.2) is 9.97 Å². The molecule has 1 amide bonds. The Morgan fingerprint density at radius 1 is 1.45 bits per heavy atom. The highest BCUT2D eigenvalue weighted by Gasteiger charge is 2.46. The van der Waals surface area contributed by atoms with Crippen LogP contribution >= 0.6 is 0 Å². The Morgan fingerprint density at radius 3 is 2.91 bits per heavy atom. The maximum absolute atomic E-state index is 12.3. The molecule has 1 atom stereocenters. The lowest BCUT2D eigenvalue weighted by molar-refractivity contribution is -0.133. The highest BCUT2D eigenvalue weighted by Crippen LogP contribution is 2.39. The van der Waals surface area contributed by atoms with Gasteiger partial charge in [-0.15, -0.1) is 0 Å². The minimum Gasteiger partial charge on any atom is -0.376 e. The average molecular weight is 304 g/mol. The quantitative estimate of drug-likeness (QED) is 0.821. The van der Waals surface area contributed by atoms with Gasteiger partial charge in [-0.05, 0) is 6.42 Å². The fraction of sp³-hybridized carbons (Fsp3) is 0.688. The number of hydrogen-bond donors (Lipinski definition) is 0. The molecule has 0 N–H and O–H groups in total. The SMILES string of the molecule is CC(C)C(=O)N1CCC2(COCc3cnc(N(C)C)nc32)C1. The van der Waals surface area contributed by atoms with E-state index < -0.39 is 0 Å². The van der Waals surface area contributed by atoms with E-state index in [-0.39, 0.29) is 17.2 Å². The Balaban J connectivity index is 1.94. The largest absolute Gasteiger partial charge is 0.376 e. The van der Waals surface area contributed by atoms with Crippen molar-refractivity contribution < 1.29 is 9.53 Å². The van der Waals surface area contributed by atoms with Gasteiger partial charge in [0.05, 0.1) is 24.3 Å².